The quantitative estimate of drug-likeness (QED) is 0.306. The molecule has 36 heavy (non-hydrogen) atoms. The molecule has 13 heteroatoms. The van der Waals surface area contributed by atoms with Crippen LogP contribution < -0.4 is 19.8 Å². The van der Waals surface area contributed by atoms with Crippen molar-refractivity contribution in [2.45, 2.75) is 25.0 Å². The fourth-order valence-corrected chi connectivity index (χ4v) is 6.02. The Kier molecular flexibility index (Phi) is 7.52. The van der Waals surface area contributed by atoms with Gasteiger partial charge in [-0.15, -0.1) is 11.3 Å². The minimum atomic E-state index is -3.92. The molecule has 0 saturated carbocycles. The van der Waals surface area contributed by atoms with Crippen LogP contribution in [-0.4, -0.2) is 54.7 Å². The van der Waals surface area contributed by atoms with Gasteiger partial charge in [0.1, 0.15) is 17.9 Å². The molecular weight excluding hydrogens is 506 g/mol. The molecule has 0 aliphatic heterocycles. The lowest BCUT2D eigenvalue weighted by atomic mass is 10.1. The molecule has 0 spiro atoms. The van der Waals surface area contributed by atoms with Crippen molar-refractivity contribution in [3.63, 3.8) is 0 Å². The van der Waals surface area contributed by atoms with E-state index in [4.69, 9.17) is 14.2 Å². The Morgan fingerprint density at radius 2 is 1.92 bits per heavy atom. The van der Waals surface area contributed by atoms with Crippen LogP contribution in [0.1, 0.15) is 17.6 Å². The maximum absolute atomic E-state index is 13.0. The zero-order valence-electron chi connectivity index (χ0n) is 20.1. The minimum Gasteiger partial charge on any atom is -0.484 e. The Labute approximate surface area is 211 Å². The van der Waals surface area contributed by atoms with Gasteiger partial charge in [0, 0.05) is 30.1 Å². The van der Waals surface area contributed by atoms with E-state index in [9.17, 15) is 13.2 Å². The molecule has 4 aromatic rings. The number of methoxy groups -OCH3 is 1. The number of hydrogen-bond donors (Lipinski definition) is 1. The van der Waals surface area contributed by atoms with Crippen LogP contribution in [-0.2, 0) is 14.8 Å². The topological polar surface area (TPSA) is 134 Å². The van der Waals surface area contributed by atoms with Crippen LogP contribution in [0, 0.1) is 13.8 Å². The number of ether oxygens (including phenoxy) is 3. The Morgan fingerprint density at radius 3 is 2.61 bits per heavy atom. The van der Waals surface area contributed by atoms with Crippen molar-refractivity contribution in [3.05, 3.63) is 57.8 Å². The number of nitrogens with zero attached hydrogens (tertiary/aromatic N) is 4. The van der Waals surface area contributed by atoms with Crippen LogP contribution in [0.15, 0.2) is 45.8 Å². The van der Waals surface area contributed by atoms with Crippen molar-refractivity contribution in [1.82, 2.24) is 19.4 Å². The molecule has 0 saturated heterocycles. The summed E-state index contributed by atoms with van der Waals surface area (Å²) in [7, 11) is -2.52. The molecule has 4 rings (SSSR count). The SMILES string of the molecule is CCOCCOc1cnc2ccc(-c3cnc(OC)c(NS(=O)(=O)c4sc(C)nc4C)c3)cn2c1=O. The standard InChI is InChI=1S/C23H25N5O6S2/c1-5-33-8-9-34-19-12-24-20-7-6-16(13-28(20)22(19)29)17-10-18(21(32-4)25-11-17)27-36(30,31)23-14(2)26-15(3)35-23/h6-7,10-13,27H,5,8-9H2,1-4H3. The highest BCUT2D eigenvalue weighted by Crippen LogP contribution is 2.32. The molecule has 4 heterocycles. The maximum atomic E-state index is 13.0. The van der Waals surface area contributed by atoms with E-state index in [-0.39, 0.29) is 33.7 Å². The monoisotopic (exact) mass is 531 g/mol. The van der Waals surface area contributed by atoms with Gasteiger partial charge in [0.2, 0.25) is 11.6 Å². The van der Waals surface area contributed by atoms with Crippen molar-refractivity contribution >= 4 is 32.7 Å². The van der Waals surface area contributed by atoms with Gasteiger partial charge in [0.25, 0.3) is 15.6 Å². The van der Waals surface area contributed by atoms with Crippen molar-refractivity contribution < 1.29 is 22.6 Å². The van der Waals surface area contributed by atoms with E-state index >= 15 is 0 Å². The Hall–Kier alpha value is -3.55. The predicted molar refractivity (Wildman–Crippen MR) is 136 cm³/mol. The van der Waals surface area contributed by atoms with E-state index < -0.39 is 10.0 Å². The normalized spacial score (nSPS) is 11.6. The summed E-state index contributed by atoms with van der Waals surface area (Å²) in [6.07, 6.45) is 4.51. The van der Waals surface area contributed by atoms with Crippen LogP contribution in [0.25, 0.3) is 16.8 Å². The van der Waals surface area contributed by atoms with Gasteiger partial charge in [-0.3, -0.25) is 13.9 Å². The summed E-state index contributed by atoms with van der Waals surface area (Å²) in [5, 5.41) is 0.642. The number of sulfonamides is 1. The largest absolute Gasteiger partial charge is 0.484 e. The zero-order chi connectivity index (χ0) is 25.9. The average Bonchev–Trinajstić information content (AvgIpc) is 3.21. The highest BCUT2D eigenvalue weighted by atomic mass is 32.2. The van der Waals surface area contributed by atoms with Crippen molar-refractivity contribution in [1.29, 1.82) is 0 Å². The third-order valence-corrected chi connectivity index (χ3v) is 8.14. The van der Waals surface area contributed by atoms with Gasteiger partial charge in [-0.1, -0.05) is 0 Å². The van der Waals surface area contributed by atoms with Gasteiger partial charge in [-0.2, -0.15) is 0 Å². The molecule has 4 aromatic heterocycles. The molecule has 0 aromatic carbocycles. The molecule has 0 atom stereocenters. The Morgan fingerprint density at radius 1 is 1.11 bits per heavy atom. The molecule has 0 aliphatic rings. The van der Waals surface area contributed by atoms with E-state index in [1.54, 1.807) is 38.2 Å². The van der Waals surface area contributed by atoms with E-state index in [1.807, 2.05) is 6.92 Å². The first-order chi connectivity index (χ1) is 17.2. The first-order valence-electron chi connectivity index (χ1n) is 11.0. The molecule has 1 N–H and O–H groups in total. The smallest absolute Gasteiger partial charge is 0.300 e. The summed E-state index contributed by atoms with van der Waals surface area (Å²) in [5.41, 5.74) is 1.78. The number of anilines is 1. The fraction of sp³-hybridized carbons (Fsp3) is 0.304. The zero-order valence-corrected chi connectivity index (χ0v) is 21.8. The number of nitrogens with one attached hydrogen (secondary N) is 1. The summed E-state index contributed by atoms with van der Waals surface area (Å²) in [4.78, 5) is 25.7. The molecule has 0 amide bonds. The lowest BCUT2D eigenvalue weighted by molar-refractivity contribution is 0.109. The molecule has 0 radical (unpaired) electrons. The second-order valence-corrected chi connectivity index (χ2v) is 10.7. The third-order valence-electron chi connectivity index (χ3n) is 5.09. The van der Waals surface area contributed by atoms with Crippen LogP contribution >= 0.6 is 11.3 Å². The van der Waals surface area contributed by atoms with E-state index in [2.05, 4.69) is 19.7 Å². The average molecular weight is 532 g/mol. The predicted octanol–water partition coefficient (Wildman–Crippen LogP) is 3.05. The van der Waals surface area contributed by atoms with Crippen LogP contribution in [0.4, 0.5) is 5.69 Å². The van der Waals surface area contributed by atoms with Crippen LogP contribution in [0.5, 0.6) is 11.6 Å². The number of hydrogen-bond acceptors (Lipinski definition) is 10. The molecule has 0 unspecified atom stereocenters. The summed E-state index contributed by atoms with van der Waals surface area (Å²) in [5.74, 6) is 0.201. The van der Waals surface area contributed by atoms with E-state index in [1.165, 1.54) is 23.9 Å². The van der Waals surface area contributed by atoms with Gasteiger partial charge in [0.15, 0.2) is 4.21 Å². The number of pyridine rings is 2. The van der Waals surface area contributed by atoms with Gasteiger partial charge in [-0.05, 0) is 39.0 Å². The summed E-state index contributed by atoms with van der Waals surface area (Å²) in [6, 6.07) is 5.03. The highest BCUT2D eigenvalue weighted by Gasteiger charge is 2.23. The van der Waals surface area contributed by atoms with Gasteiger partial charge >= 0.3 is 0 Å². The number of aromatic nitrogens is 4. The summed E-state index contributed by atoms with van der Waals surface area (Å²) < 4.78 is 46.1. The first-order valence-corrected chi connectivity index (χ1v) is 13.3. The number of rotatable bonds is 10. The molecule has 190 valence electrons. The fourth-order valence-electron chi connectivity index (χ4n) is 3.48. The lowest BCUT2D eigenvalue weighted by Crippen LogP contribution is -2.19. The summed E-state index contributed by atoms with van der Waals surface area (Å²) in [6.45, 7) is 6.39. The number of fused-ring (bicyclic) bond motifs is 1. The van der Waals surface area contributed by atoms with Crippen molar-refractivity contribution in [2.75, 3.05) is 31.7 Å². The molecule has 11 nitrogen and oxygen atoms in total. The Bertz CT molecular complexity index is 1570. The third kappa shape index (κ3) is 5.32. The van der Waals surface area contributed by atoms with Crippen molar-refractivity contribution in [2.24, 2.45) is 0 Å². The highest BCUT2D eigenvalue weighted by molar-refractivity contribution is 7.94. The molecule has 0 bridgehead atoms. The van der Waals surface area contributed by atoms with Gasteiger partial charge in [-0.25, -0.2) is 23.4 Å². The number of thiazole rings is 1. The second-order valence-electron chi connectivity index (χ2n) is 7.61. The molecular formula is C23H25N5O6S2. The Balaban J connectivity index is 1.69. The summed E-state index contributed by atoms with van der Waals surface area (Å²) >= 11 is 1.08. The second kappa shape index (κ2) is 10.6. The van der Waals surface area contributed by atoms with Gasteiger partial charge in [0.05, 0.1) is 30.6 Å². The van der Waals surface area contributed by atoms with E-state index in [0.717, 1.165) is 11.3 Å². The molecule has 0 aliphatic carbocycles. The minimum absolute atomic E-state index is 0.0980. The first kappa shape index (κ1) is 25.5. The van der Waals surface area contributed by atoms with Gasteiger partial charge < -0.3 is 14.2 Å². The lowest BCUT2D eigenvalue weighted by Gasteiger charge is -2.13. The van der Waals surface area contributed by atoms with Crippen LogP contribution in [0.3, 0.4) is 0 Å². The molecule has 0 fully saturated rings. The number of aryl methyl sites for hydroxylation is 2. The van der Waals surface area contributed by atoms with E-state index in [0.29, 0.717) is 40.7 Å². The van der Waals surface area contributed by atoms with Crippen molar-refractivity contribution in [3.8, 4) is 22.8 Å². The van der Waals surface area contributed by atoms with Crippen LogP contribution in [0.2, 0.25) is 0 Å². The maximum Gasteiger partial charge on any atom is 0.300 e.